The van der Waals surface area contributed by atoms with Gasteiger partial charge in [-0.1, -0.05) is 0 Å². The van der Waals surface area contributed by atoms with Crippen molar-refractivity contribution in [3.05, 3.63) is 18.2 Å². The molecule has 3 amide bonds. The van der Waals surface area contributed by atoms with Crippen LogP contribution >= 0.6 is 12.6 Å². The molecule has 33 heavy (non-hydrogen) atoms. The van der Waals surface area contributed by atoms with Gasteiger partial charge in [0.25, 0.3) is 0 Å². The maximum atomic E-state index is 12.8. The summed E-state index contributed by atoms with van der Waals surface area (Å²) < 4.78 is 0. The predicted molar refractivity (Wildman–Crippen MR) is 116 cm³/mol. The highest BCUT2D eigenvalue weighted by Crippen LogP contribution is 2.04. The lowest BCUT2D eigenvalue weighted by atomic mass is 10.1. The SMILES string of the molecule is CC(O)C(N)C(=O)NC(Cc1cnc[nH]1)C(=O)NC(CS)C(=O)NC(CCC(=O)O)C(=O)O. The van der Waals surface area contributed by atoms with Gasteiger partial charge in [0.1, 0.15) is 24.2 Å². The van der Waals surface area contributed by atoms with Crippen molar-refractivity contribution in [2.24, 2.45) is 5.73 Å². The van der Waals surface area contributed by atoms with Crippen LogP contribution in [0.2, 0.25) is 0 Å². The molecule has 0 saturated carbocycles. The van der Waals surface area contributed by atoms with Gasteiger partial charge in [-0.25, -0.2) is 9.78 Å². The Balaban J connectivity index is 2.92. The molecule has 1 aromatic heterocycles. The number of carbonyl (C=O) groups is 5. The van der Waals surface area contributed by atoms with E-state index in [-0.39, 0.29) is 18.6 Å². The number of hydrogen-bond acceptors (Lipinski definition) is 9. The van der Waals surface area contributed by atoms with Crippen LogP contribution in [0.3, 0.4) is 0 Å². The van der Waals surface area contributed by atoms with Gasteiger partial charge in [0.15, 0.2) is 0 Å². The van der Waals surface area contributed by atoms with Crippen LogP contribution in [-0.2, 0) is 30.4 Å². The largest absolute Gasteiger partial charge is 0.481 e. The number of nitrogens with two attached hydrogens (primary N) is 1. The summed E-state index contributed by atoms with van der Waals surface area (Å²) in [5, 5.41) is 34.4. The first-order chi connectivity index (χ1) is 15.5. The minimum atomic E-state index is -1.49. The molecule has 14 nitrogen and oxygen atoms in total. The summed E-state index contributed by atoms with van der Waals surface area (Å²) in [7, 11) is 0. The van der Waals surface area contributed by atoms with E-state index in [1.165, 1.54) is 19.4 Å². The Hall–Kier alpha value is -3.17. The lowest BCUT2D eigenvalue weighted by molar-refractivity contribution is -0.143. The van der Waals surface area contributed by atoms with E-state index >= 15 is 0 Å². The minimum absolute atomic E-state index is 0.0542. The van der Waals surface area contributed by atoms with Crippen LogP contribution in [0, 0.1) is 0 Å². The Bertz CT molecular complexity index is 834. The van der Waals surface area contributed by atoms with Gasteiger partial charge in [0, 0.05) is 30.5 Å². The molecule has 9 N–H and O–H groups in total. The van der Waals surface area contributed by atoms with Crippen LogP contribution in [0.15, 0.2) is 12.5 Å². The molecule has 0 spiro atoms. The van der Waals surface area contributed by atoms with Crippen LogP contribution < -0.4 is 21.7 Å². The summed E-state index contributed by atoms with van der Waals surface area (Å²) in [5.41, 5.74) is 6.08. The lowest BCUT2D eigenvalue weighted by Gasteiger charge is -2.24. The number of aromatic nitrogens is 2. The Morgan fingerprint density at radius 3 is 2.12 bits per heavy atom. The number of rotatable bonds is 14. The van der Waals surface area contributed by atoms with Crippen LogP contribution in [0.5, 0.6) is 0 Å². The smallest absolute Gasteiger partial charge is 0.326 e. The van der Waals surface area contributed by atoms with Crippen LogP contribution in [0.25, 0.3) is 0 Å². The molecule has 184 valence electrons. The second kappa shape index (κ2) is 13.4. The molecule has 0 bridgehead atoms. The quantitative estimate of drug-likeness (QED) is 0.120. The number of aromatic amines is 1. The number of H-pyrrole nitrogens is 1. The molecule has 0 aliphatic heterocycles. The van der Waals surface area contributed by atoms with Crippen molar-refractivity contribution < 1.29 is 39.3 Å². The number of aliphatic hydroxyl groups excluding tert-OH is 1. The van der Waals surface area contributed by atoms with E-state index in [2.05, 4.69) is 38.5 Å². The van der Waals surface area contributed by atoms with E-state index in [1.807, 2.05) is 0 Å². The van der Waals surface area contributed by atoms with E-state index < -0.39 is 66.4 Å². The van der Waals surface area contributed by atoms with E-state index in [4.69, 9.17) is 10.8 Å². The lowest BCUT2D eigenvalue weighted by Crippen LogP contribution is -2.59. The molecular formula is C18H28N6O8S. The molecule has 0 aliphatic rings. The zero-order valence-corrected chi connectivity index (χ0v) is 18.6. The van der Waals surface area contributed by atoms with Gasteiger partial charge >= 0.3 is 11.9 Å². The molecule has 0 radical (unpaired) electrons. The van der Waals surface area contributed by atoms with Crippen molar-refractivity contribution in [2.75, 3.05) is 5.75 Å². The van der Waals surface area contributed by atoms with E-state index in [1.54, 1.807) is 0 Å². The van der Waals surface area contributed by atoms with Crippen molar-refractivity contribution >= 4 is 42.3 Å². The Kier molecular flexibility index (Phi) is 11.3. The van der Waals surface area contributed by atoms with Crippen molar-refractivity contribution in [3.63, 3.8) is 0 Å². The summed E-state index contributed by atoms with van der Waals surface area (Å²) >= 11 is 4.00. The summed E-state index contributed by atoms with van der Waals surface area (Å²) in [5.74, 6) is -5.41. The molecule has 1 heterocycles. The summed E-state index contributed by atoms with van der Waals surface area (Å²) in [6, 6.07) is -5.31. The zero-order valence-electron chi connectivity index (χ0n) is 17.7. The molecule has 0 aromatic carbocycles. The molecule has 5 unspecified atom stereocenters. The molecule has 1 rings (SSSR count). The van der Waals surface area contributed by atoms with Crippen LogP contribution in [-0.4, -0.2) is 91.0 Å². The zero-order chi connectivity index (χ0) is 25.1. The number of hydrogen-bond donors (Lipinski definition) is 9. The van der Waals surface area contributed by atoms with Gasteiger partial charge in [-0.3, -0.25) is 19.2 Å². The number of aliphatic carboxylic acids is 2. The van der Waals surface area contributed by atoms with Crippen LogP contribution in [0.1, 0.15) is 25.5 Å². The number of nitrogens with one attached hydrogen (secondary N) is 4. The Labute approximate surface area is 194 Å². The van der Waals surface area contributed by atoms with E-state index in [9.17, 15) is 34.2 Å². The molecular weight excluding hydrogens is 460 g/mol. The fourth-order valence-electron chi connectivity index (χ4n) is 2.58. The number of nitrogens with zero attached hydrogens (tertiary/aromatic N) is 1. The number of carboxylic acid groups (broad SMARTS) is 2. The molecule has 0 saturated heterocycles. The van der Waals surface area contributed by atoms with Gasteiger partial charge in [-0.05, 0) is 13.3 Å². The first kappa shape index (κ1) is 27.9. The first-order valence-electron chi connectivity index (χ1n) is 9.83. The van der Waals surface area contributed by atoms with Gasteiger partial charge in [-0.15, -0.1) is 0 Å². The maximum Gasteiger partial charge on any atom is 0.326 e. The van der Waals surface area contributed by atoms with Crippen molar-refractivity contribution in [3.8, 4) is 0 Å². The number of carbonyl (C=O) groups excluding carboxylic acids is 3. The standard InChI is InChI=1S/C18H28N6O8S/c1-8(25)14(19)17(30)23-11(4-9-5-20-7-21-9)15(28)24-12(6-33)16(29)22-10(18(31)32)2-3-13(26)27/h5,7-8,10-12,14,25,33H,2-4,6,19H2,1H3,(H,20,21)(H,22,29)(H,23,30)(H,24,28)(H,26,27)(H,31,32). The number of amides is 3. The van der Waals surface area contributed by atoms with Crippen molar-refractivity contribution in [1.29, 1.82) is 0 Å². The highest BCUT2D eigenvalue weighted by molar-refractivity contribution is 7.80. The summed E-state index contributed by atoms with van der Waals surface area (Å²) in [6.07, 6.45) is 0.693. The first-order valence-corrected chi connectivity index (χ1v) is 10.5. The minimum Gasteiger partial charge on any atom is -0.481 e. The number of carboxylic acids is 2. The number of thiol groups is 1. The molecule has 0 aliphatic carbocycles. The monoisotopic (exact) mass is 488 g/mol. The van der Waals surface area contributed by atoms with Gasteiger partial charge < -0.3 is 42.0 Å². The topological polar surface area (TPSA) is 237 Å². The predicted octanol–water partition coefficient (Wildman–Crippen LogP) is -3.01. The van der Waals surface area contributed by atoms with Gasteiger partial charge in [0.05, 0.1) is 12.4 Å². The summed E-state index contributed by atoms with van der Waals surface area (Å²) in [6.45, 7) is 1.30. The number of imidazole rings is 1. The molecule has 0 fully saturated rings. The maximum absolute atomic E-state index is 12.8. The summed E-state index contributed by atoms with van der Waals surface area (Å²) in [4.78, 5) is 66.2. The van der Waals surface area contributed by atoms with E-state index in [0.29, 0.717) is 5.69 Å². The Morgan fingerprint density at radius 2 is 1.64 bits per heavy atom. The molecule has 15 heteroatoms. The second-order valence-corrected chi connectivity index (χ2v) is 7.55. The number of aliphatic hydroxyl groups is 1. The fourth-order valence-corrected chi connectivity index (χ4v) is 2.83. The highest BCUT2D eigenvalue weighted by Gasteiger charge is 2.31. The second-order valence-electron chi connectivity index (χ2n) is 7.18. The molecule has 1 aromatic rings. The third-order valence-electron chi connectivity index (χ3n) is 4.51. The van der Waals surface area contributed by atoms with Gasteiger partial charge in [-0.2, -0.15) is 12.6 Å². The molecule has 5 atom stereocenters. The highest BCUT2D eigenvalue weighted by atomic mass is 32.1. The average molecular weight is 489 g/mol. The third kappa shape index (κ3) is 9.46. The van der Waals surface area contributed by atoms with Crippen molar-refractivity contribution in [2.45, 2.75) is 56.5 Å². The normalized spacial score (nSPS) is 15.4. The Morgan fingerprint density at radius 1 is 1.06 bits per heavy atom. The fraction of sp³-hybridized carbons (Fsp3) is 0.556. The van der Waals surface area contributed by atoms with Crippen molar-refractivity contribution in [1.82, 2.24) is 25.9 Å². The van der Waals surface area contributed by atoms with Gasteiger partial charge in [0.2, 0.25) is 17.7 Å². The van der Waals surface area contributed by atoms with E-state index in [0.717, 1.165) is 0 Å². The third-order valence-corrected chi connectivity index (χ3v) is 4.88. The van der Waals surface area contributed by atoms with Crippen LogP contribution in [0.4, 0.5) is 0 Å². The average Bonchev–Trinajstić information content (AvgIpc) is 3.26.